The number of rotatable bonds is 4. The summed E-state index contributed by atoms with van der Waals surface area (Å²) in [6.45, 7) is 3.18. The van der Waals surface area contributed by atoms with Gasteiger partial charge < -0.3 is 10.6 Å². The van der Waals surface area contributed by atoms with Crippen molar-refractivity contribution in [2.45, 2.75) is 19.8 Å². The molecule has 2 amide bonds. The van der Waals surface area contributed by atoms with Gasteiger partial charge in [0.2, 0.25) is 10.0 Å². The molecule has 0 aromatic heterocycles. The van der Waals surface area contributed by atoms with E-state index in [0.717, 1.165) is 5.56 Å². The molecule has 0 atom stereocenters. The fraction of sp³-hybridized carbons (Fsp3) is 0.500. The van der Waals surface area contributed by atoms with E-state index in [9.17, 15) is 18.0 Å². The van der Waals surface area contributed by atoms with Crippen LogP contribution in [0.25, 0.3) is 0 Å². The summed E-state index contributed by atoms with van der Waals surface area (Å²) < 4.78 is 24.3. The van der Waals surface area contributed by atoms with Crippen LogP contribution in [0.3, 0.4) is 0 Å². The average Bonchev–Trinajstić information content (AvgIpc) is 2.52. The Bertz CT molecular complexity index is 710. The third-order valence-electron chi connectivity index (χ3n) is 4.08. The normalized spacial score (nSPS) is 16.6. The van der Waals surface area contributed by atoms with E-state index >= 15 is 0 Å². The summed E-state index contributed by atoms with van der Waals surface area (Å²) in [5.74, 6) is -1.20. The molecule has 0 unspecified atom stereocenters. The molecule has 132 valence electrons. The molecule has 24 heavy (non-hydrogen) atoms. The molecule has 0 aliphatic carbocycles. The van der Waals surface area contributed by atoms with Gasteiger partial charge >= 0.3 is 11.8 Å². The first-order valence-electron chi connectivity index (χ1n) is 7.86. The largest absolute Gasteiger partial charge is 0.348 e. The molecule has 0 saturated carbocycles. The van der Waals surface area contributed by atoms with E-state index in [1.54, 1.807) is 18.2 Å². The topological polar surface area (TPSA) is 95.6 Å². The van der Waals surface area contributed by atoms with Crippen molar-refractivity contribution in [3.05, 3.63) is 29.8 Å². The molecule has 1 aromatic carbocycles. The molecule has 1 heterocycles. The minimum Gasteiger partial charge on any atom is -0.348 e. The predicted octanol–water partition coefficient (Wildman–Crippen LogP) is 0.721. The zero-order valence-electron chi connectivity index (χ0n) is 13.9. The molecular weight excluding hydrogens is 330 g/mol. The number of piperidine rings is 1. The standard InChI is InChI=1S/C16H23N3O4S/c1-12-4-3-5-14(10-12)18-16(21)15(20)17-11-13-6-8-19(9-7-13)24(2,22)23/h3-5,10,13H,6-9,11H2,1-2H3,(H,17,20)(H,18,21). The van der Waals surface area contributed by atoms with E-state index in [0.29, 0.717) is 38.2 Å². The maximum Gasteiger partial charge on any atom is 0.313 e. The van der Waals surface area contributed by atoms with Crippen LogP contribution in [0.1, 0.15) is 18.4 Å². The van der Waals surface area contributed by atoms with Crippen LogP contribution in [0.15, 0.2) is 24.3 Å². The Morgan fingerprint density at radius 3 is 2.46 bits per heavy atom. The Morgan fingerprint density at radius 1 is 1.21 bits per heavy atom. The van der Waals surface area contributed by atoms with Crippen molar-refractivity contribution >= 4 is 27.5 Å². The van der Waals surface area contributed by atoms with Crippen molar-refractivity contribution in [2.24, 2.45) is 5.92 Å². The Kier molecular flexibility index (Phi) is 5.95. The highest BCUT2D eigenvalue weighted by molar-refractivity contribution is 7.88. The Labute approximate surface area is 142 Å². The molecule has 1 fully saturated rings. The van der Waals surface area contributed by atoms with Crippen molar-refractivity contribution in [3.8, 4) is 0 Å². The third kappa shape index (κ3) is 5.31. The van der Waals surface area contributed by atoms with Gasteiger partial charge in [-0.25, -0.2) is 12.7 Å². The summed E-state index contributed by atoms with van der Waals surface area (Å²) in [6.07, 6.45) is 2.55. The number of nitrogens with zero attached hydrogens (tertiary/aromatic N) is 1. The van der Waals surface area contributed by atoms with Gasteiger partial charge in [-0.15, -0.1) is 0 Å². The SMILES string of the molecule is Cc1cccc(NC(=O)C(=O)NCC2CCN(S(C)(=O)=O)CC2)c1. The molecule has 1 aromatic rings. The van der Waals surface area contributed by atoms with E-state index in [2.05, 4.69) is 10.6 Å². The second-order valence-corrected chi connectivity index (χ2v) is 8.12. The van der Waals surface area contributed by atoms with Gasteiger partial charge in [0.15, 0.2) is 0 Å². The number of carbonyl (C=O) groups is 2. The van der Waals surface area contributed by atoms with Crippen LogP contribution in [0, 0.1) is 12.8 Å². The summed E-state index contributed by atoms with van der Waals surface area (Å²) in [4.78, 5) is 23.7. The summed E-state index contributed by atoms with van der Waals surface area (Å²) in [5, 5.41) is 5.18. The second kappa shape index (κ2) is 7.76. The van der Waals surface area contributed by atoms with Crippen LogP contribution in [0.5, 0.6) is 0 Å². The number of anilines is 1. The molecule has 7 nitrogen and oxygen atoms in total. The van der Waals surface area contributed by atoms with Gasteiger partial charge in [-0.1, -0.05) is 12.1 Å². The Balaban J connectivity index is 1.76. The molecule has 2 N–H and O–H groups in total. The van der Waals surface area contributed by atoms with Gasteiger partial charge in [0.1, 0.15) is 0 Å². The van der Waals surface area contributed by atoms with Crippen molar-refractivity contribution in [2.75, 3.05) is 31.2 Å². The predicted molar refractivity (Wildman–Crippen MR) is 92.0 cm³/mol. The number of carbonyl (C=O) groups excluding carboxylic acids is 2. The molecular formula is C16H23N3O4S. The fourth-order valence-electron chi connectivity index (χ4n) is 2.67. The fourth-order valence-corrected chi connectivity index (χ4v) is 3.55. The molecule has 1 aliphatic heterocycles. The van der Waals surface area contributed by atoms with Gasteiger partial charge in [0, 0.05) is 25.3 Å². The van der Waals surface area contributed by atoms with Crippen LogP contribution < -0.4 is 10.6 Å². The zero-order chi connectivity index (χ0) is 17.7. The Morgan fingerprint density at radius 2 is 1.88 bits per heavy atom. The smallest absolute Gasteiger partial charge is 0.313 e. The molecule has 1 saturated heterocycles. The lowest BCUT2D eigenvalue weighted by atomic mass is 9.98. The van der Waals surface area contributed by atoms with Gasteiger partial charge in [0.25, 0.3) is 0 Å². The van der Waals surface area contributed by atoms with Gasteiger partial charge in [-0.2, -0.15) is 0 Å². The number of benzene rings is 1. The quantitative estimate of drug-likeness (QED) is 0.780. The first kappa shape index (κ1) is 18.4. The van der Waals surface area contributed by atoms with Crippen molar-refractivity contribution in [1.29, 1.82) is 0 Å². The van der Waals surface area contributed by atoms with E-state index in [-0.39, 0.29) is 5.92 Å². The van der Waals surface area contributed by atoms with E-state index in [4.69, 9.17) is 0 Å². The van der Waals surface area contributed by atoms with Crippen LogP contribution in [0.4, 0.5) is 5.69 Å². The van der Waals surface area contributed by atoms with Gasteiger partial charge in [0.05, 0.1) is 6.26 Å². The number of aryl methyl sites for hydroxylation is 1. The second-order valence-electron chi connectivity index (χ2n) is 6.14. The van der Waals surface area contributed by atoms with Gasteiger partial charge in [-0.3, -0.25) is 9.59 Å². The summed E-state index contributed by atoms with van der Waals surface area (Å²) >= 11 is 0. The highest BCUT2D eigenvalue weighted by Crippen LogP contribution is 2.18. The summed E-state index contributed by atoms with van der Waals surface area (Å²) in [5.41, 5.74) is 1.57. The number of amides is 2. The van der Waals surface area contributed by atoms with E-state index in [1.165, 1.54) is 10.6 Å². The molecule has 8 heteroatoms. The molecule has 1 aliphatic rings. The van der Waals surface area contributed by atoms with Gasteiger partial charge in [-0.05, 0) is 43.4 Å². The first-order chi connectivity index (χ1) is 11.3. The van der Waals surface area contributed by atoms with Crippen molar-refractivity contribution in [1.82, 2.24) is 9.62 Å². The molecule has 0 bridgehead atoms. The minimum absolute atomic E-state index is 0.179. The number of hydrogen-bond acceptors (Lipinski definition) is 4. The first-order valence-corrected chi connectivity index (χ1v) is 9.71. The lowest BCUT2D eigenvalue weighted by Crippen LogP contribution is -2.43. The van der Waals surface area contributed by atoms with E-state index in [1.807, 2.05) is 13.0 Å². The lowest BCUT2D eigenvalue weighted by molar-refractivity contribution is -0.136. The number of nitrogens with one attached hydrogen (secondary N) is 2. The molecule has 0 radical (unpaired) electrons. The molecule has 2 rings (SSSR count). The van der Waals surface area contributed by atoms with Crippen molar-refractivity contribution < 1.29 is 18.0 Å². The van der Waals surface area contributed by atoms with Crippen LogP contribution in [-0.4, -0.2) is 50.4 Å². The van der Waals surface area contributed by atoms with E-state index < -0.39 is 21.8 Å². The van der Waals surface area contributed by atoms with Crippen molar-refractivity contribution in [3.63, 3.8) is 0 Å². The monoisotopic (exact) mass is 353 g/mol. The number of sulfonamides is 1. The summed E-state index contributed by atoms with van der Waals surface area (Å²) in [7, 11) is -3.15. The lowest BCUT2D eigenvalue weighted by Gasteiger charge is -2.30. The highest BCUT2D eigenvalue weighted by Gasteiger charge is 2.25. The molecule has 0 spiro atoms. The van der Waals surface area contributed by atoms with Crippen LogP contribution in [0.2, 0.25) is 0 Å². The maximum atomic E-state index is 11.9. The average molecular weight is 353 g/mol. The zero-order valence-corrected chi connectivity index (χ0v) is 14.7. The third-order valence-corrected chi connectivity index (χ3v) is 5.38. The maximum absolute atomic E-state index is 11.9. The van der Waals surface area contributed by atoms with Crippen LogP contribution in [-0.2, 0) is 19.6 Å². The summed E-state index contributed by atoms with van der Waals surface area (Å²) in [6, 6.07) is 7.21. The highest BCUT2D eigenvalue weighted by atomic mass is 32.2. The minimum atomic E-state index is -3.15. The van der Waals surface area contributed by atoms with Crippen LogP contribution >= 0.6 is 0 Å². The number of hydrogen-bond donors (Lipinski definition) is 2. The Hall–Kier alpha value is -1.93.